The Kier molecular flexibility index (Phi) is 4.41. The van der Waals surface area contributed by atoms with Gasteiger partial charge in [0.2, 0.25) is 0 Å². The molecule has 88 valence electrons. The van der Waals surface area contributed by atoms with Crippen molar-refractivity contribution in [3.05, 3.63) is 34.4 Å². The van der Waals surface area contributed by atoms with E-state index in [0.717, 1.165) is 5.56 Å². The van der Waals surface area contributed by atoms with Crippen LogP contribution in [-0.2, 0) is 22.4 Å². The fraction of sp³-hybridized carbons (Fsp3) is 0.308. The molecule has 1 rings (SSSR count). The lowest BCUT2D eigenvalue weighted by molar-refractivity contribution is -0.139. The van der Waals surface area contributed by atoms with Crippen molar-refractivity contribution in [3.63, 3.8) is 0 Å². The maximum absolute atomic E-state index is 11.3. The molecule has 0 saturated heterocycles. The van der Waals surface area contributed by atoms with Gasteiger partial charge in [0.05, 0.1) is 25.2 Å². The number of nitrogens with zero attached hydrogens (tertiary/aromatic N) is 1. The van der Waals surface area contributed by atoms with E-state index in [0.29, 0.717) is 29.4 Å². The molecule has 0 aliphatic rings. The van der Waals surface area contributed by atoms with E-state index in [2.05, 4.69) is 10.8 Å². The average molecular weight is 231 g/mol. The molecular weight excluding hydrogens is 218 g/mol. The van der Waals surface area contributed by atoms with Gasteiger partial charge in [0, 0.05) is 5.56 Å². The molecule has 0 heterocycles. The summed E-state index contributed by atoms with van der Waals surface area (Å²) in [5.41, 5.74) is 2.26. The molecule has 1 aromatic rings. The first-order valence-corrected chi connectivity index (χ1v) is 5.24. The summed E-state index contributed by atoms with van der Waals surface area (Å²) >= 11 is 0. The van der Waals surface area contributed by atoms with Crippen molar-refractivity contribution >= 4 is 12.3 Å². The number of esters is 1. The first-order chi connectivity index (χ1) is 8.17. The molecule has 0 N–H and O–H groups in total. The third-order valence-corrected chi connectivity index (χ3v) is 2.62. The van der Waals surface area contributed by atoms with Crippen LogP contribution in [0.4, 0.5) is 0 Å². The Morgan fingerprint density at radius 2 is 2.18 bits per heavy atom. The number of methoxy groups -OCH3 is 1. The van der Waals surface area contributed by atoms with E-state index >= 15 is 0 Å². The molecular formula is C13H13NO3. The molecule has 4 heteroatoms. The van der Waals surface area contributed by atoms with Crippen molar-refractivity contribution in [1.82, 2.24) is 0 Å². The van der Waals surface area contributed by atoms with Gasteiger partial charge in [-0.1, -0.05) is 13.0 Å². The van der Waals surface area contributed by atoms with Crippen molar-refractivity contribution in [3.8, 4) is 6.07 Å². The first-order valence-electron chi connectivity index (χ1n) is 5.24. The van der Waals surface area contributed by atoms with Gasteiger partial charge < -0.3 is 4.74 Å². The van der Waals surface area contributed by atoms with Crippen molar-refractivity contribution in [2.75, 3.05) is 7.11 Å². The van der Waals surface area contributed by atoms with Gasteiger partial charge in [-0.05, 0) is 23.6 Å². The summed E-state index contributed by atoms with van der Waals surface area (Å²) in [4.78, 5) is 22.2. The minimum Gasteiger partial charge on any atom is -0.469 e. The molecule has 0 radical (unpaired) electrons. The van der Waals surface area contributed by atoms with Gasteiger partial charge in [0.25, 0.3) is 0 Å². The van der Waals surface area contributed by atoms with Gasteiger partial charge in [0.15, 0.2) is 0 Å². The second-order valence-corrected chi connectivity index (χ2v) is 3.50. The zero-order valence-corrected chi connectivity index (χ0v) is 9.82. The van der Waals surface area contributed by atoms with Crippen LogP contribution in [0.2, 0.25) is 0 Å². The Morgan fingerprint density at radius 3 is 2.65 bits per heavy atom. The Balaban J connectivity index is 3.35. The summed E-state index contributed by atoms with van der Waals surface area (Å²) in [6.45, 7) is 1.88. The van der Waals surface area contributed by atoms with Crippen LogP contribution in [0.1, 0.15) is 34.0 Å². The molecule has 1 aromatic carbocycles. The number of nitriles is 1. The lowest BCUT2D eigenvalue weighted by Crippen LogP contribution is -2.10. The summed E-state index contributed by atoms with van der Waals surface area (Å²) < 4.78 is 4.59. The van der Waals surface area contributed by atoms with Gasteiger partial charge in [-0.15, -0.1) is 0 Å². The lowest BCUT2D eigenvalue weighted by Gasteiger charge is -2.11. The van der Waals surface area contributed by atoms with Crippen LogP contribution in [-0.4, -0.2) is 19.4 Å². The molecule has 0 unspecified atom stereocenters. The second kappa shape index (κ2) is 5.80. The number of benzene rings is 1. The molecule has 0 aliphatic heterocycles. The molecule has 0 bridgehead atoms. The quantitative estimate of drug-likeness (QED) is 0.583. The molecule has 0 saturated carbocycles. The van der Waals surface area contributed by atoms with E-state index in [1.165, 1.54) is 7.11 Å². The number of rotatable bonds is 4. The Hall–Kier alpha value is -2.15. The van der Waals surface area contributed by atoms with Crippen molar-refractivity contribution in [1.29, 1.82) is 5.26 Å². The Labute approximate surface area is 99.8 Å². The summed E-state index contributed by atoms with van der Waals surface area (Å²) in [7, 11) is 1.29. The van der Waals surface area contributed by atoms with E-state index < -0.39 is 5.97 Å². The van der Waals surface area contributed by atoms with Gasteiger partial charge in [0.1, 0.15) is 6.29 Å². The number of ether oxygens (including phenoxy) is 1. The van der Waals surface area contributed by atoms with Crippen LogP contribution < -0.4 is 0 Å². The predicted molar refractivity (Wildman–Crippen MR) is 61.6 cm³/mol. The third-order valence-electron chi connectivity index (χ3n) is 2.62. The lowest BCUT2D eigenvalue weighted by atomic mass is 9.93. The third kappa shape index (κ3) is 2.70. The van der Waals surface area contributed by atoms with Crippen LogP contribution >= 0.6 is 0 Å². The fourth-order valence-electron chi connectivity index (χ4n) is 1.76. The van der Waals surface area contributed by atoms with E-state index in [4.69, 9.17) is 5.26 Å². The van der Waals surface area contributed by atoms with Crippen LogP contribution in [0.15, 0.2) is 12.1 Å². The Bertz CT molecular complexity index is 486. The standard InChI is InChI=1S/C13H13NO3/c1-3-11-9(7-14)4-5-10(8-15)12(11)6-13(16)17-2/h4-5,8H,3,6H2,1-2H3. The van der Waals surface area contributed by atoms with E-state index in [-0.39, 0.29) is 6.42 Å². The molecule has 0 spiro atoms. The number of hydrogen-bond acceptors (Lipinski definition) is 4. The van der Waals surface area contributed by atoms with Crippen LogP contribution in [0.3, 0.4) is 0 Å². The van der Waals surface area contributed by atoms with Gasteiger partial charge >= 0.3 is 5.97 Å². The molecule has 0 atom stereocenters. The number of hydrogen-bond donors (Lipinski definition) is 0. The monoisotopic (exact) mass is 231 g/mol. The minimum absolute atomic E-state index is 0.0171. The van der Waals surface area contributed by atoms with E-state index in [1.807, 2.05) is 6.92 Å². The molecule has 17 heavy (non-hydrogen) atoms. The SMILES string of the molecule is CCc1c(C#N)ccc(C=O)c1CC(=O)OC. The highest BCUT2D eigenvalue weighted by atomic mass is 16.5. The molecule has 0 aromatic heterocycles. The summed E-state index contributed by atoms with van der Waals surface area (Å²) in [5.74, 6) is -0.419. The van der Waals surface area contributed by atoms with Crippen molar-refractivity contribution in [2.45, 2.75) is 19.8 Å². The molecule has 0 fully saturated rings. The largest absolute Gasteiger partial charge is 0.469 e. The fourth-order valence-corrected chi connectivity index (χ4v) is 1.76. The van der Waals surface area contributed by atoms with Crippen LogP contribution in [0.25, 0.3) is 0 Å². The molecule has 4 nitrogen and oxygen atoms in total. The highest BCUT2D eigenvalue weighted by Gasteiger charge is 2.15. The molecule has 0 amide bonds. The van der Waals surface area contributed by atoms with Crippen LogP contribution in [0.5, 0.6) is 0 Å². The zero-order chi connectivity index (χ0) is 12.8. The minimum atomic E-state index is -0.419. The smallest absolute Gasteiger partial charge is 0.310 e. The summed E-state index contributed by atoms with van der Waals surface area (Å²) in [5, 5.41) is 8.97. The maximum Gasteiger partial charge on any atom is 0.310 e. The normalized spacial score (nSPS) is 9.47. The van der Waals surface area contributed by atoms with Crippen molar-refractivity contribution in [2.24, 2.45) is 0 Å². The van der Waals surface area contributed by atoms with Crippen LogP contribution in [0, 0.1) is 11.3 Å². The maximum atomic E-state index is 11.3. The Morgan fingerprint density at radius 1 is 1.47 bits per heavy atom. The average Bonchev–Trinajstić information content (AvgIpc) is 2.37. The number of carbonyl (C=O) groups excluding carboxylic acids is 2. The van der Waals surface area contributed by atoms with Gasteiger partial charge in [-0.2, -0.15) is 5.26 Å². The van der Waals surface area contributed by atoms with E-state index in [1.54, 1.807) is 12.1 Å². The summed E-state index contributed by atoms with van der Waals surface area (Å²) in [6.07, 6.45) is 1.30. The summed E-state index contributed by atoms with van der Waals surface area (Å²) in [6, 6.07) is 5.22. The van der Waals surface area contributed by atoms with Crippen molar-refractivity contribution < 1.29 is 14.3 Å². The highest BCUT2D eigenvalue weighted by Crippen LogP contribution is 2.20. The second-order valence-electron chi connectivity index (χ2n) is 3.50. The zero-order valence-electron chi connectivity index (χ0n) is 9.82. The number of carbonyl (C=O) groups is 2. The first kappa shape index (κ1) is 12.9. The highest BCUT2D eigenvalue weighted by molar-refractivity contribution is 5.83. The van der Waals surface area contributed by atoms with Gasteiger partial charge in [-0.3, -0.25) is 9.59 Å². The molecule has 0 aliphatic carbocycles. The van der Waals surface area contributed by atoms with Gasteiger partial charge in [-0.25, -0.2) is 0 Å². The number of aldehydes is 1. The topological polar surface area (TPSA) is 67.2 Å². The predicted octanol–water partition coefficient (Wildman–Crippen LogP) is 1.65. The van der Waals surface area contributed by atoms with E-state index in [9.17, 15) is 9.59 Å².